The van der Waals surface area contributed by atoms with Gasteiger partial charge in [-0.25, -0.2) is 14.2 Å². The Morgan fingerprint density at radius 2 is 1.72 bits per heavy atom. The number of carbonyl (C=O) groups excluding carboxylic acids is 2. The molecule has 0 radical (unpaired) electrons. The summed E-state index contributed by atoms with van der Waals surface area (Å²) in [7, 11) is 0. The molecule has 1 atom stereocenters. The monoisotopic (exact) mass is 605 g/mol. The lowest BCUT2D eigenvalue weighted by Crippen LogP contribution is -2.45. The van der Waals surface area contributed by atoms with Gasteiger partial charge < -0.3 is 25.6 Å². The van der Waals surface area contributed by atoms with Crippen molar-refractivity contribution in [1.82, 2.24) is 10.9 Å². The number of carboxylic acid groups (broad SMARTS) is 1. The summed E-state index contributed by atoms with van der Waals surface area (Å²) < 4.78 is 57.4. The summed E-state index contributed by atoms with van der Waals surface area (Å²) in [5, 5.41) is 10.3. The fourth-order valence-corrected chi connectivity index (χ4v) is 3.54. The summed E-state index contributed by atoms with van der Waals surface area (Å²) in [4.78, 5) is 38.8. The number of nitrogens with two attached hydrogens (primary N) is 1. The minimum Gasteiger partial charge on any atom is -0.487 e. The van der Waals surface area contributed by atoms with Gasteiger partial charge in [0.1, 0.15) is 17.7 Å². The first kappa shape index (κ1) is 32.2. The molecule has 0 aromatic heterocycles. The second kappa shape index (κ2) is 14.0. The number of ether oxygens (including phenoxy) is 2. The molecule has 4 bridgehead atoms. The number of fused-ring (bicyclic) bond motifs is 5. The van der Waals surface area contributed by atoms with E-state index in [1.165, 1.54) is 18.2 Å². The van der Waals surface area contributed by atoms with E-state index < -0.39 is 35.8 Å². The van der Waals surface area contributed by atoms with Gasteiger partial charge in [0.25, 0.3) is 11.8 Å². The first-order valence-electron chi connectivity index (χ1n) is 12.5. The Kier molecular flexibility index (Phi) is 10.5. The van der Waals surface area contributed by atoms with Crippen LogP contribution in [0.2, 0.25) is 0 Å². The number of hydrogen-bond donors (Lipinski definition) is 5. The lowest BCUT2D eigenvalue weighted by atomic mass is 10.0. The van der Waals surface area contributed by atoms with Gasteiger partial charge in [-0.2, -0.15) is 13.2 Å². The zero-order valence-electron chi connectivity index (χ0n) is 22.7. The average Bonchev–Trinajstić information content (AvgIpc) is 2.96. The highest BCUT2D eigenvalue weighted by Crippen LogP contribution is 2.33. The van der Waals surface area contributed by atoms with Crippen molar-refractivity contribution in [3.8, 4) is 11.5 Å². The van der Waals surface area contributed by atoms with Crippen molar-refractivity contribution in [2.75, 3.05) is 12.0 Å². The van der Waals surface area contributed by atoms with Gasteiger partial charge in [-0.15, -0.1) is 0 Å². The Morgan fingerprint density at radius 1 is 1.07 bits per heavy atom. The zero-order chi connectivity index (χ0) is 31.7. The Bertz CT molecular complexity index is 1500. The normalized spacial score (nSPS) is 15.4. The molecule has 0 spiro atoms. The van der Waals surface area contributed by atoms with E-state index in [1.807, 2.05) is 13.8 Å². The molecular formula is C28H27F4N5O6. The maximum absolute atomic E-state index is 14.0. The van der Waals surface area contributed by atoms with Gasteiger partial charge in [0.05, 0.1) is 11.7 Å². The quantitative estimate of drug-likeness (QED) is 0.221. The molecule has 2 aliphatic rings. The number of hydrogen-bond acceptors (Lipinski definition) is 8. The van der Waals surface area contributed by atoms with Gasteiger partial charge in [-0.1, -0.05) is 18.2 Å². The first-order valence-corrected chi connectivity index (χ1v) is 12.5. The SMILES string of the molecule is CC(C)Oc1ccc2cc1OC/N=C(/N)c1ccc(cc1)NC2C(=O)NNC(=O)c1ccccc1F.O=C(O)C(F)(F)F. The number of benzene rings is 3. The fraction of sp³-hybridized carbons (Fsp3) is 0.214. The van der Waals surface area contributed by atoms with Gasteiger partial charge in [0, 0.05) is 11.3 Å². The Morgan fingerprint density at radius 3 is 2.33 bits per heavy atom. The van der Waals surface area contributed by atoms with Crippen molar-refractivity contribution >= 4 is 29.3 Å². The van der Waals surface area contributed by atoms with Crippen molar-refractivity contribution in [3.63, 3.8) is 0 Å². The topological polar surface area (TPSA) is 164 Å². The molecule has 6 N–H and O–H groups in total. The number of nitrogens with zero attached hydrogens (tertiary/aromatic N) is 1. The molecule has 2 heterocycles. The number of halogens is 4. The molecule has 0 saturated carbocycles. The lowest BCUT2D eigenvalue weighted by Gasteiger charge is -2.22. The molecule has 5 rings (SSSR count). The van der Waals surface area contributed by atoms with Crippen molar-refractivity contribution < 1.29 is 46.5 Å². The predicted octanol–water partition coefficient (Wildman–Crippen LogP) is 3.92. The van der Waals surface area contributed by atoms with E-state index in [0.717, 1.165) is 6.07 Å². The molecule has 43 heavy (non-hydrogen) atoms. The lowest BCUT2D eigenvalue weighted by molar-refractivity contribution is -0.192. The van der Waals surface area contributed by atoms with E-state index in [0.29, 0.717) is 34.1 Å². The number of aliphatic imine (C=N–C) groups is 1. The number of amides is 2. The third-order valence-electron chi connectivity index (χ3n) is 5.53. The van der Waals surface area contributed by atoms with Crippen LogP contribution in [0.5, 0.6) is 11.5 Å². The summed E-state index contributed by atoms with van der Waals surface area (Å²) in [6.45, 7) is 3.71. The first-order chi connectivity index (χ1) is 20.3. The number of aliphatic carboxylic acids is 1. The van der Waals surface area contributed by atoms with Gasteiger partial charge in [-0.3, -0.25) is 20.4 Å². The number of alkyl halides is 3. The molecule has 15 heteroatoms. The van der Waals surface area contributed by atoms with Gasteiger partial charge in [0.15, 0.2) is 18.2 Å². The maximum atomic E-state index is 14.0. The van der Waals surface area contributed by atoms with E-state index in [9.17, 15) is 27.2 Å². The highest BCUT2D eigenvalue weighted by Gasteiger charge is 2.38. The largest absolute Gasteiger partial charge is 0.490 e. The highest BCUT2D eigenvalue weighted by atomic mass is 19.4. The number of nitrogens with one attached hydrogen (secondary N) is 3. The summed E-state index contributed by atoms with van der Waals surface area (Å²) in [5.41, 5.74) is 12.4. The molecular weight excluding hydrogens is 578 g/mol. The zero-order valence-corrected chi connectivity index (χ0v) is 22.7. The van der Waals surface area contributed by atoms with Crippen LogP contribution in [0.3, 0.4) is 0 Å². The minimum atomic E-state index is -5.08. The van der Waals surface area contributed by atoms with Crippen molar-refractivity contribution in [1.29, 1.82) is 0 Å². The standard InChI is InChI=1S/C26H26FN5O4.C2HF3O2/c1-15(2)36-21-12-9-17-13-22(21)35-14-29-24(28)16-7-10-18(11-8-16)30-23(17)26(34)32-31-25(33)19-5-3-4-6-20(19)27;3-2(4,5)1(6)7/h3-13,15,23,30H,14H2,1-2H3,(H2,28,29)(H,31,33)(H,32,34);(H,6,7). The number of anilines is 1. The molecule has 3 aromatic carbocycles. The van der Waals surface area contributed by atoms with Crippen LogP contribution in [0, 0.1) is 5.82 Å². The van der Waals surface area contributed by atoms with Crippen LogP contribution < -0.4 is 31.4 Å². The molecule has 2 amide bonds. The van der Waals surface area contributed by atoms with Crippen LogP contribution in [0.4, 0.5) is 23.2 Å². The van der Waals surface area contributed by atoms with Crippen LogP contribution >= 0.6 is 0 Å². The second-order valence-corrected chi connectivity index (χ2v) is 9.07. The second-order valence-electron chi connectivity index (χ2n) is 9.07. The Hall–Kier alpha value is -5.34. The van der Waals surface area contributed by atoms with E-state index in [2.05, 4.69) is 21.2 Å². The molecule has 228 valence electrons. The molecule has 3 aromatic rings. The van der Waals surface area contributed by atoms with Crippen LogP contribution in [0.15, 0.2) is 71.7 Å². The Balaban J connectivity index is 0.000000646. The number of carboxylic acids is 1. The third-order valence-corrected chi connectivity index (χ3v) is 5.53. The predicted molar refractivity (Wildman–Crippen MR) is 147 cm³/mol. The van der Waals surface area contributed by atoms with E-state index in [1.54, 1.807) is 42.5 Å². The van der Waals surface area contributed by atoms with Gasteiger partial charge >= 0.3 is 12.1 Å². The Labute approximate surface area is 242 Å². The van der Waals surface area contributed by atoms with E-state index in [-0.39, 0.29) is 18.4 Å². The molecule has 0 aliphatic carbocycles. The summed E-state index contributed by atoms with van der Waals surface area (Å²) in [5.74, 6) is -3.68. The van der Waals surface area contributed by atoms with Crippen molar-refractivity contribution in [3.05, 3.63) is 89.2 Å². The summed E-state index contributed by atoms with van der Waals surface area (Å²) in [6.07, 6.45) is -5.20. The van der Waals surface area contributed by atoms with Crippen LogP contribution in [0.1, 0.15) is 41.4 Å². The number of amidine groups is 1. The van der Waals surface area contributed by atoms with Crippen LogP contribution in [-0.4, -0.2) is 47.7 Å². The molecule has 11 nitrogen and oxygen atoms in total. The van der Waals surface area contributed by atoms with E-state index >= 15 is 0 Å². The maximum Gasteiger partial charge on any atom is 0.490 e. The summed E-state index contributed by atoms with van der Waals surface area (Å²) in [6, 6.07) is 16.6. The van der Waals surface area contributed by atoms with Gasteiger partial charge in [0.2, 0.25) is 0 Å². The number of hydrazine groups is 1. The molecule has 0 fully saturated rings. The van der Waals surface area contributed by atoms with Gasteiger partial charge in [-0.05, 0) is 67.9 Å². The van der Waals surface area contributed by atoms with Crippen LogP contribution in [0.25, 0.3) is 0 Å². The smallest absolute Gasteiger partial charge is 0.487 e. The minimum absolute atomic E-state index is 0.0610. The molecule has 0 saturated heterocycles. The third kappa shape index (κ3) is 9.08. The van der Waals surface area contributed by atoms with Crippen LogP contribution in [-0.2, 0) is 9.59 Å². The van der Waals surface area contributed by atoms with E-state index in [4.69, 9.17) is 25.1 Å². The fourth-order valence-electron chi connectivity index (χ4n) is 3.54. The average molecular weight is 606 g/mol. The molecule has 1 unspecified atom stereocenters. The highest BCUT2D eigenvalue weighted by molar-refractivity contribution is 5.98. The molecule has 2 aliphatic heterocycles. The number of rotatable bonds is 4. The summed E-state index contributed by atoms with van der Waals surface area (Å²) >= 11 is 0. The number of carbonyl (C=O) groups is 3. The van der Waals surface area contributed by atoms with Crippen molar-refractivity contribution in [2.45, 2.75) is 32.2 Å². The van der Waals surface area contributed by atoms with Crippen molar-refractivity contribution in [2.24, 2.45) is 10.7 Å².